The number of aryl methyl sites for hydroxylation is 3. The molecule has 0 fully saturated rings. The number of aromatic nitrogens is 4. The molecule has 0 aliphatic carbocycles. The number of aliphatic hydroxyl groups excluding tert-OH is 1. The van der Waals surface area contributed by atoms with Gasteiger partial charge in [-0.1, -0.05) is 20.3 Å². The highest BCUT2D eigenvalue weighted by atomic mass is 16.3. The molecule has 0 radical (unpaired) electrons. The highest BCUT2D eigenvalue weighted by Gasteiger charge is 2.18. The van der Waals surface area contributed by atoms with Crippen LogP contribution in [0.2, 0.25) is 0 Å². The summed E-state index contributed by atoms with van der Waals surface area (Å²) >= 11 is 0. The van der Waals surface area contributed by atoms with E-state index >= 15 is 0 Å². The first-order chi connectivity index (χ1) is 9.67. The maximum Gasteiger partial charge on any atom is 0.279 e. The summed E-state index contributed by atoms with van der Waals surface area (Å²) in [6.07, 6.45) is 2.45. The van der Waals surface area contributed by atoms with Gasteiger partial charge in [0, 0.05) is 13.0 Å². The summed E-state index contributed by atoms with van der Waals surface area (Å²) in [6, 6.07) is 0. The van der Waals surface area contributed by atoms with Gasteiger partial charge in [-0.3, -0.25) is 14.0 Å². The number of hydrogen-bond acceptors (Lipinski definition) is 4. The molecule has 20 heavy (non-hydrogen) atoms. The topological polar surface area (TPSA) is 72.9 Å². The molecular weight excluding hydrogens is 256 g/mol. The molecule has 0 atom stereocenters. The number of aliphatic hydroxyl groups is 1. The standard InChI is InChI=1S/C14H22N4O2/c1-4-7-10-12-13(18(6-3)16-10)14(20)17(8-9-19)11(5-2)15-12/h19H,4-9H2,1-3H3. The van der Waals surface area contributed by atoms with Gasteiger partial charge in [0.2, 0.25) is 0 Å². The van der Waals surface area contributed by atoms with Gasteiger partial charge in [-0.05, 0) is 13.3 Å². The molecule has 0 amide bonds. The Hall–Kier alpha value is -1.69. The van der Waals surface area contributed by atoms with E-state index in [2.05, 4.69) is 17.0 Å². The Morgan fingerprint density at radius 3 is 2.55 bits per heavy atom. The van der Waals surface area contributed by atoms with Crippen LogP contribution in [0.4, 0.5) is 0 Å². The maximum atomic E-state index is 12.6. The quantitative estimate of drug-likeness (QED) is 0.859. The summed E-state index contributed by atoms with van der Waals surface area (Å²) in [5.74, 6) is 0.713. The van der Waals surface area contributed by atoms with E-state index in [0.717, 1.165) is 24.1 Å². The summed E-state index contributed by atoms with van der Waals surface area (Å²) in [5.41, 5.74) is 2.08. The molecule has 6 nitrogen and oxygen atoms in total. The van der Waals surface area contributed by atoms with Crippen molar-refractivity contribution in [3.8, 4) is 0 Å². The Kier molecular flexibility index (Phi) is 4.54. The van der Waals surface area contributed by atoms with E-state index in [-0.39, 0.29) is 18.7 Å². The lowest BCUT2D eigenvalue weighted by Gasteiger charge is -2.10. The van der Waals surface area contributed by atoms with Crippen LogP contribution in [0.25, 0.3) is 11.0 Å². The van der Waals surface area contributed by atoms with E-state index in [1.807, 2.05) is 13.8 Å². The van der Waals surface area contributed by atoms with E-state index in [9.17, 15) is 4.79 Å². The molecule has 110 valence electrons. The van der Waals surface area contributed by atoms with Gasteiger partial charge in [0.05, 0.1) is 18.8 Å². The summed E-state index contributed by atoms with van der Waals surface area (Å²) in [5, 5.41) is 13.7. The van der Waals surface area contributed by atoms with Gasteiger partial charge in [-0.2, -0.15) is 5.10 Å². The molecule has 0 saturated carbocycles. The maximum absolute atomic E-state index is 12.6. The third-order valence-corrected chi connectivity index (χ3v) is 3.42. The summed E-state index contributed by atoms with van der Waals surface area (Å²) in [6.45, 7) is 6.87. The average Bonchev–Trinajstić information content (AvgIpc) is 2.80. The number of fused-ring (bicyclic) bond motifs is 1. The fourth-order valence-electron chi connectivity index (χ4n) is 2.50. The van der Waals surface area contributed by atoms with E-state index in [0.29, 0.717) is 24.3 Å². The Labute approximate surface area is 118 Å². The monoisotopic (exact) mass is 278 g/mol. The van der Waals surface area contributed by atoms with Gasteiger partial charge in [0.1, 0.15) is 11.3 Å². The van der Waals surface area contributed by atoms with Gasteiger partial charge < -0.3 is 5.11 Å². The third kappa shape index (κ3) is 2.35. The molecule has 1 N–H and O–H groups in total. The Bertz CT molecular complexity index is 657. The molecule has 0 unspecified atom stereocenters. The van der Waals surface area contributed by atoms with Crippen LogP contribution in [0, 0.1) is 0 Å². The van der Waals surface area contributed by atoms with Crippen molar-refractivity contribution in [2.75, 3.05) is 6.61 Å². The van der Waals surface area contributed by atoms with Crippen molar-refractivity contribution >= 4 is 11.0 Å². The molecule has 0 aromatic carbocycles. The van der Waals surface area contributed by atoms with Crippen LogP contribution in [0.5, 0.6) is 0 Å². The van der Waals surface area contributed by atoms with Crippen LogP contribution in [0.15, 0.2) is 4.79 Å². The lowest BCUT2D eigenvalue weighted by Crippen LogP contribution is -2.28. The Morgan fingerprint density at radius 2 is 2.00 bits per heavy atom. The molecule has 2 aromatic heterocycles. The van der Waals surface area contributed by atoms with Gasteiger partial charge in [-0.25, -0.2) is 4.98 Å². The van der Waals surface area contributed by atoms with E-state index in [1.165, 1.54) is 0 Å². The molecule has 0 saturated heterocycles. The molecule has 0 bridgehead atoms. The van der Waals surface area contributed by atoms with E-state index < -0.39 is 0 Å². The first-order valence-electron chi connectivity index (χ1n) is 7.27. The zero-order chi connectivity index (χ0) is 14.7. The van der Waals surface area contributed by atoms with E-state index in [4.69, 9.17) is 5.11 Å². The predicted octanol–water partition coefficient (Wildman–Crippen LogP) is 1.12. The molecular formula is C14H22N4O2. The minimum Gasteiger partial charge on any atom is -0.395 e. The first kappa shape index (κ1) is 14.7. The van der Waals surface area contributed by atoms with Gasteiger partial charge in [-0.15, -0.1) is 0 Å². The van der Waals surface area contributed by atoms with E-state index in [1.54, 1.807) is 9.25 Å². The molecule has 0 aliphatic heterocycles. The van der Waals surface area contributed by atoms with Crippen molar-refractivity contribution in [2.24, 2.45) is 0 Å². The number of rotatable bonds is 6. The van der Waals surface area contributed by atoms with Gasteiger partial charge in [0.15, 0.2) is 5.52 Å². The van der Waals surface area contributed by atoms with Crippen molar-refractivity contribution in [1.82, 2.24) is 19.3 Å². The molecule has 0 spiro atoms. The Morgan fingerprint density at radius 1 is 1.25 bits per heavy atom. The molecule has 2 heterocycles. The SMILES string of the molecule is CCCc1nn(CC)c2c(=O)n(CCO)c(CC)nc12. The van der Waals surface area contributed by atoms with Crippen molar-refractivity contribution in [3.05, 3.63) is 21.9 Å². The second-order valence-corrected chi connectivity index (χ2v) is 4.77. The van der Waals surface area contributed by atoms with Crippen LogP contribution in [0.1, 0.15) is 38.7 Å². The van der Waals surface area contributed by atoms with Crippen LogP contribution < -0.4 is 5.56 Å². The highest BCUT2D eigenvalue weighted by Crippen LogP contribution is 2.16. The lowest BCUT2D eigenvalue weighted by atomic mass is 10.2. The largest absolute Gasteiger partial charge is 0.395 e. The Balaban J connectivity index is 2.79. The van der Waals surface area contributed by atoms with Crippen LogP contribution in [-0.2, 0) is 25.9 Å². The first-order valence-corrected chi connectivity index (χ1v) is 7.27. The fraction of sp³-hybridized carbons (Fsp3) is 0.643. The van der Waals surface area contributed by atoms with Crippen LogP contribution in [0.3, 0.4) is 0 Å². The fourth-order valence-corrected chi connectivity index (χ4v) is 2.50. The molecule has 6 heteroatoms. The van der Waals surface area contributed by atoms with Crippen LogP contribution in [-0.4, -0.2) is 31.0 Å². The zero-order valence-electron chi connectivity index (χ0n) is 12.4. The summed E-state index contributed by atoms with van der Waals surface area (Å²) in [4.78, 5) is 17.3. The summed E-state index contributed by atoms with van der Waals surface area (Å²) in [7, 11) is 0. The zero-order valence-corrected chi connectivity index (χ0v) is 12.4. The number of nitrogens with zero attached hydrogens (tertiary/aromatic N) is 4. The molecule has 2 aromatic rings. The highest BCUT2D eigenvalue weighted by molar-refractivity contribution is 5.76. The van der Waals surface area contributed by atoms with Crippen LogP contribution >= 0.6 is 0 Å². The second-order valence-electron chi connectivity index (χ2n) is 4.77. The average molecular weight is 278 g/mol. The van der Waals surface area contributed by atoms with Crippen molar-refractivity contribution in [1.29, 1.82) is 0 Å². The minimum atomic E-state index is -0.0994. The normalized spacial score (nSPS) is 11.4. The molecule has 2 rings (SSSR count). The van der Waals surface area contributed by atoms with Gasteiger partial charge >= 0.3 is 0 Å². The van der Waals surface area contributed by atoms with Gasteiger partial charge in [0.25, 0.3) is 5.56 Å². The number of hydrogen-bond donors (Lipinski definition) is 1. The summed E-state index contributed by atoms with van der Waals surface area (Å²) < 4.78 is 3.29. The van der Waals surface area contributed by atoms with Crippen molar-refractivity contribution < 1.29 is 5.11 Å². The van der Waals surface area contributed by atoms with Crippen molar-refractivity contribution in [3.63, 3.8) is 0 Å². The molecule has 0 aliphatic rings. The smallest absolute Gasteiger partial charge is 0.279 e. The predicted molar refractivity (Wildman–Crippen MR) is 77.9 cm³/mol. The van der Waals surface area contributed by atoms with Crippen molar-refractivity contribution in [2.45, 2.75) is 53.1 Å². The lowest BCUT2D eigenvalue weighted by molar-refractivity contribution is 0.271. The third-order valence-electron chi connectivity index (χ3n) is 3.42. The minimum absolute atomic E-state index is 0.0673. The second kappa shape index (κ2) is 6.17.